The lowest BCUT2D eigenvalue weighted by atomic mass is 9.97. The summed E-state index contributed by atoms with van der Waals surface area (Å²) in [4.78, 5) is 26.4. The lowest BCUT2D eigenvalue weighted by Gasteiger charge is -2.33. The number of nitrogens with one attached hydrogen (secondary N) is 2. The van der Waals surface area contributed by atoms with Crippen molar-refractivity contribution in [3.05, 3.63) is 34.6 Å². The van der Waals surface area contributed by atoms with Crippen molar-refractivity contribution < 1.29 is 14.0 Å². The van der Waals surface area contributed by atoms with E-state index in [1.807, 2.05) is 0 Å². The summed E-state index contributed by atoms with van der Waals surface area (Å²) in [5, 5.41) is 6.18. The highest BCUT2D eigenvalue weighted by atomic mass is 35.5. The Labute approximate surface area is 151 Å². The molecule has 2 saturated heterocycles. The van der Waals surface area contributed by atoms with E-state index in [-0.39, 0.29) is 28.8 Å². The molecule has 3 rings (SSSR count). The van der Waals surface area contributed by atoms with E-state index in [1.54, 1.807) is 11.0 Å². The lowest BCUT2D eigenvalue weighted by Crippen LogP contribution is -2.46. The summed E-state index contributed by atoms with van der Waals surface area (Å²) in [5.74, 6) is -0.512. The molecule has 0 spiro atoms. The summed E-state index contributed by atoms with van der Waals surface area (Å²) in [7, 11) is 0. The van der Waals surface area contributed by atoms with Crippen molar-refractivity contribution in [1.29, 1.82) is 0 Å². The largest absolute Gasteiger partial charge is 0.354 e. The molecule has 136 valence electrons. The Kier molecular flexibility index (Phi) is 5.91. The second kappa shape index (κ2) is 8.15. The minimum atomic E-state index is -0.586. The Hall–Kier alpha value is -1.66. The Morgan fingerprint density at radius 2 is 2.16 bits per heavy atom. The SMILES string of the molecule is O=C(NCC1CCCN(C(=O)c2ccc(Cl)c(F)c2)C1)C1CCCN1. The normalized spacial score (nSPS) is 23.5. The Bertz CT molecular complexity index is 649. The number of hydrogen-bond donors (Lipinski definition) is 2. The van der Waals surface area contributed by atoms with Gasteiger partial charge in [0, 0.05) is 25.2 Å². The fourth-order valence-corrected chi connectivity index (χ4v) is 3.62. The molecule has 2 unspecified atom stereocenters. The molecule has 25 heavy (non-hydrogen) atoms. The van der Waals surface area contributed by atoms with E-state index in [2.05, 4.69) is 10.6 Å². The predicted molar refractivity (Wildman–Crippen MR) is 94.1 cm³/mol. The number of nitrogens with zero attached hydrogens (tertiary/aromatic N) is 1. The van der Waals surface area contributed by atoms with E-state index in [4.69, 9.17) is 11.6 Å². The molecule has 0 aromatic heterocycles. The van der Waals surface area contributed by atoms with Crippen molar-refractivity contribution in [3.8, 4) is 0 Å². The second-order valence-corrected chi connectivity index (χ2v) is 7.19. The van der Waals surface area contributed by atoms with Crippen molar-refractivity contribution >= 4 is 23.4 Å². The van der Waals surface area contributed by atoms with Gasteiger partial charge in [0.05, 0.1) is 11.1 Å². The van der Waals surface area contributed by atoms with Crippen molar-refractivity contribution in [2.45, 2.75) is 31.7 Å². The first-order valence-corrected chi connectivity index (χ1v) is 9.18. The van der Waals surface area contributed by atoms with Crippen molar-refractivity contribution in [1.82, 2.24) is 15.5 Å². The van der Waals surface area contributed by atoms with Gasteiger partial charge in [-0.3, -0.25) is 9.59 Å². The standard InChI is InChI=1S/C18H23ClFN3O2/c19-14-6-5-13(9-15(14)20)18(25)23-8-2-3-12(11-23)10-22-17(24)16-4-1-7-21-16/h5-6,9,12,16,21H,1-4,7-8,10-11H2,(H,22,24). The van der Waals surface area contributed by atoms with Crippen molar-refractivity contribution in [2.24, 2.45) is 5.92 Å². The van der Waals surface area contributed by atoms with E-state index in [0.717, 1.165) is 32.2 Å². The molecule has 2 aliphatic heterocycles. The van der Waals surface area contributed by atoms with Gasteiger partial charge in [0.1, 0.15) is 5.82 Å². The van der Waals surface area contributed by atoms with Gasteiger partial charge < -0.3 is 15.5 Å². The second-order valence-electron chi connectivity index (χ2n) is 6.78. The van der Waals surface area contributed by atoms with Gasteiger partial charge in [-0.05, 0) is 56.3 Å². The Morgan fingerprint density at radius 1 is 1.32 bits per heavy atom. The van der Waals surface area contributed by atoms with Gasteiger partial charge in [-0.1, -0.05) is 11.6 Å². The average molecular weight is 368 g/mol. The lowest BCUT2D eigenvalue weighted by molar-refractivity contribution is -0.123. The van der Waals surface area contributed by atoms with Crippen LogP contribution in [-0.2, 0) is 4.79 Å². The fraction of sp³-hybridized carbons (Fsp3) is 0.556. The average Bonchev–Trinajstić information content (AvgIpc) is 3.16. The molecule has 2 fully saturated rings. The Balaban J connectivity index is 1.54. The summed E-state index contributed by atoms with van der Waals surface area (Å²) in [6, 6.07) is 4.05. The summed E-state index contributed by atoms with van der Waals surface area (Å²) in [6.45, 7) is 2.68. The topological polar surface area (TPSA) is 61.4 Å². The maximum atomic E-state index is 13.6. The van der Waals surface area contributed by atoms with Gasteiger partial charge in [-0.15, -0.1) is 0 Å². The number of piperidine rings is 1. The van der Waals surface area contributed by atoms with Crippen LogP contribution in [0.1, 0.15) is 36.0 Å². The van der Waals surface area contributed by atoms with Gasteiger partial charge in [0.15, 0.2) is 0 Å². The molecule has 1 aromatic carbocycles. The van der Waals surface area contributed by atoms with Crippen LogP contribution in [0.2, 0.25) is 5.02 Å². The third kappa shape index (κ3) is 4.50. The minimum Gasteiger partial charge on any atom is -0.354 e. The monoisotopic (exact) mass is 367 g/mol. The molecule has 7 heteroatoms. The van der Waals surface area contributed by atoms with Gasteiger partial charge >= 0.3 is 0 Å². The highest BCUT2D eigenvalue weighted by molar-refractivity contribution is 6.30. The first-order chi connectivity index (χ1) is 12.0. The van der Waals surface area contributed by atoms with E-state index in [9.17, 15) is 14.0 Å². The van der Waals surface area contributed by atoms with Crippen LogP contribution >= 0.6 is 11.6 Å². The third-order valence-corrected chi connectivity index (χ3v) is 5.22. The molecular formula is C18H23ClFN3O2. The Morgan fingerprint density at radius 3 is 2.88 bits per heavy atom. The predicted octanol–water partition coefficient (Wildman–Crippen LogP) is 2.20. The number of rotatable bonds is 4. The zero-order chi connectivity index (χ0) is 17.8. The molecule has 0 saturated carbocycles. The van der Waals surface area contributed by atoms with Crippen LogP contribution in [0.3, 0.4) is 0 Å². The first kappa shape index (κ1) is 18.1. The number of likely N-dealkylation sites (tertiary alicyclic amines) is 1. The number of carbonyl (C=O) groups excluding carboxylic acids is 2. The van der Waals surface area contributed by atoms with Crippen LogP contribution in [0.25, 0.3) is 0 Å². The molecule has 0 radical (unpaired) electrons. The van der Waals surface area contributed by atoms with Crippen molar-refractivity contribution in [2.75, 3.05) is 26.2 Å². The van der Waals surface area contributed by atoms with Crippen LogP contribution in [0.5, 0.6) is 0 Å². The summed E-state index contributed by atoms with van der Waals surface area (Å²) < 4.78 is 13.6. The van der Waals surface area contributed by atoms with E-state index in [1.165, 1.54) is 12.1 Å². The summed E-state index contributed by atoms with van der Waals surface area (Å²) in [5.41, 5.74) is 0.307. The molecule has 2 heterocycles. The molecule has 2 atom stereocenters. The maximum Gasteiger partial charge on any atom is 0.253 e. The highest BCUT2D eigenvalue weighted by Crippen LogP contribution is 2.21. The smallest absolute Gasteiger partial charge is 0.253 e. The van der Waals surface area contributed by atoms with Gasteiger partial charge in [-0.25, -0.2) is 4.39 Å². The maximum absolute atomic E-state index is 13.6. The zero-order valence-electron chi connectivity index (χ0n) is 14.1. The molecule has 2 amide bonds. The van der Waals surface area contributed by atoms with Crippen LogP contribution in [-0.4, -0.2) is 48.9 Å². The van der Waals surface area contributed by atoms with E-state index in [0.29, 0.717) is 25.2 Å². The van der Waals surface area contributed by atoms with E-state index < -0.39 is 5.82 Å². The fourth-order valence-electron chi connectivity index (χ4n) is 3.50. The van der Waals surface area contributed by atoms with Gasteiger partial charge in [0.2, 0.25) is 5.91 Å². The molecular weight excluding hydrogens is 345 g/mol. The quantitative estimate of drug-likeness (QED) is 0.857. The summed E-state index contributed by atoms with van der Waals surface area (Å²) >= 11 is 5.67. The van der Waals surface area contributed by atoms with Gasteiger partial charge in [0.25, 0.3) is 5.91 Å². The molecule has 0 aliphatic carbocycles. The summed E-state index contributed by atoms with van der Waals surface area (Å²) in [6.07, 6.45) is 3.76. The van der Waals surface area contributed by atoms with Gasteiger partial charge in [-0.2, -0.15) is 0 Å². The van der Waals surface area contributed by atoms with Crippen LogP contribution < -0.4 is 10.6 Å². The first-order valence-electron chi connectivity index (χ1n) is 8.80. The van der Waals surface area contributed by atoms with Crippen LogP contribution in [0.15, 0.2) is 18.2 Å². The number of halogens is 2. The third-order valence-electron chi connectivity index (χ3n) is 4.91. The highest BCUT2D eigenvalue weighted by Gasteiger charge is 2.27. The number of amides is 2. The van der Waals surface area contributed by atoms with Crippen molar-refractivity contribution in [3.63, 3.8) is 0 Å². The zero-order valence-corrected chi connectivity index (χ0v) is 14.8. The molecule has 2 aliphatic rings. The number of hydrogen-bond acceptors (Lipinski definition) is 3. The van der Waals surface area contributed by atoms with E-state index >= 15 is 0 Å². The van der Waals surface area contributed by atoms with Crippen LogP contribution in [0, 0.1) is 11.7 Å². The minimum absolute atomic E-state index is 0.0105. The number of carbonyl (C=O) groups is 2. The molecule has 2 N–H and O–H groups in total. The van der Waals surface area contributed by atoms with Crippen LogP contribution in [0.4, 0.5) is 4.39 Å². The molecule has 1 aromatic rings. The molecule has 0 bridgehead atoms. The molecule has 5 nitrogen and oxygen atoms in total. The number of benzene rings is 1.